The predicted octanol–water partition coefficient (Wildman–Crippen LogP) is 4.00. The first-order valence-electron chi connectivity index (χ1n) is 7.93. The molecular weight excluding hydrogens is 296 g/mol. The van der Waals surface area contributed by atoms with Gasteiger partial charge in [0.2, 0.25) is 0 Å². The standard InChI is InChI=1S/C20H18N4/c21-14-4-5-15-24-20(22)13-12-19(23-24)18-10-8-17(9-11-18)16-6-2-1-3-7-16/h1-3,6-13,22H,4-5,15H2. The van der Waals surface area contributed by atoms with Gasteiger partial charge >= 0.3 is 0 Å². The number of benzene rings is 2. The monoisotopic (exact) mass is 314 g/mol. The highest BCUT2D eigenvalue weighted by atomic mass is 15.3. The third kappa shape index (κ3) is 3.58. The SMILES string of the molecule is N#CCCCn1nc(-c2ccc(-c3ccccc3)cc2)ccc1=N. The molecule has 4 nitrogen and oxygen atoms in total. The third-order valence-corrected chi connectivity index (χ3v) is 3.85. The fourth-order valence-corrected chi connectivity index (χ4v) is 2.56. The molecule has 0 saturated heterocycles. The number of rotatable bonds is 5. The minimum absolute atomic E-state index is 0.359. The van der Waals surface area contributed by atoms with Crippen molar-refractivity contribution in [1.82, 2.24) is 9.78 Å². The predicted molar refractivity (Wildman–Crippen MR) is 93.8 cm³/mol. The highest BCUT2D eigenvalue weighted by Gasteiger charge is 2.03. The molecular formula is C20H18N4. The second-order valence-electron chi connectivity index (χ2n) is 5.53. The molecule has 0 bridgehead atoms. The average Bonchev–Trinajstić information content (AvgIpc) is 2.64. The molecule has 1 N–H and O–H groups in total. The molecule has 0 saturated carbocycles. The molecule has 4 heteroatoms. The first-order valence-corrected chi connectivity index (χ1v) is 7.93. The van der Waals surface area contributed by atoms with Crippen LogP contribution in [0.15, 0.2) is 66.7 Å². The van der Waals surface area contributed by atoms with Gasteiger partial charge in [-0.05, 0) is 29.7 Å². The molecule has 1 aromatic heterocycles. The van der Waals surface area contributed by atoms with Gasteiger partial charge in [-0.1, -0.05) is 54.6 Å². The van der Waals surface area contributed by atoms with Crippen LogP contribution in [0.25, 0.3) is 22.4 Å². The van der Waals surface area contributed by atoms with Crippen LogP contribution in [0.3, 0.4) is 0 Å². The summed E-state index contributed by atoms with van der Waals surface area (Å²) in [7, 11) is 0. The van der Waals surface area contributed by atoms with Gasteiger partial charge in [-0.3, -0.25) is 5.41 Å². The summed E-state index contributed by atoms with van der Waals surface area (Å²) in [6.07, 6.45) is 1.18. The lowest BCUT2D eigenvalue weighted by Crippen LogP contribution is -2.22. The summed E-state index contributed by atoms with van der Waals surface area (Å²) in [6.45, 7) is 0.586. The number of hydrogen-bond acceptors (Lipinski definition) is 3. The van der Waals surface area contributed by atoms with Gasteiger partial charge < -0.3 is 0 Å². The molecule has 118 valence electrons. The summed E-state index contributed by atoms with van der Waals surface area (Å²) in [5.74, 6) is 0. The molecule has 2 aromatic carbocycles. The van der Waals surface area contributed by atoms with Crippen LogP contribution in [0.2, 0.25) is 0 Å². The first-order chi connectivity index (χ1) is 11.8. The summed E-state index contributed by atoms with van der Waals surface area (Å²) >= 11 is 0. The van der Waals surface area contributed by atoms with E-state index in [0.717, 1.165) is 11.3 Å². The zero-order valence-electron chi connectivity index (χ0n) is 13.3. The van der Waals surface area contributed by atoms with E-state index in [4.69, 9.17) is 10.7 Å². The molecule has 0 aliphatic heterocycles. The lowest BCUT2D eigenvalue weighted by atomic mass is 10.0. The van der Waals surface area contributed by atoms with E-state index < -0.39 is 0 Å². The highest BCUT2D eigenvalue weighted by molar-refractivity contribution is 5.68. The van der Waals surface area contributed by atoms with Crippen molar-refractivity contribution < 1.29 is 0 Å². The van der Waals surface area contributed by atoms with Crippen molar-refractivity contribution in [3.05, 3.63) is 72.2 Å². The van der Waals surface area contributed by atoms with Gasteiger partial charge in [-0.25, -0.2) is 4.68 Å². The normalized spacial score (nSPS) is 10.3. The molecule has 1 heterocycles. The number of aryl methyl sites for hydroxylation is 1. The van der Waals surface area contributed by atoms with E-state index in [2.05, 4.69) is 35.4 Å². The van der Waals surface area contributed by atoms with Crippen LogP contribution in [-0.4, -0.2) is 9.78 Å². The van der Waals surface area contributed by atoms with Gasteiger partial charge in [0, 0.05) is 18.5 Å². The van der Waals surface area contributed by atoms with Crippen LogP contribution in [0.5, 0.6) is 0 Å². The van der Waals surface area contributed by atoms with Gasteiger partial charge in [0.15, 0.2) is 0 Å². The van der Waals surface area contributed by atoms with Crippen molar-refractivity contribution in [2.75, 3.05) is 0 Å². The van der Waals surface area contributed by atoms with Gasteiger partial charge in [0.25, 0.3) is 0 Å². The summed E-state index contributed by atoms with van der Waals surface area (Å²) in [5, 5.41) is 21.1. The van der Waals surface area contributed by atoms with E-state index in [1.165, 1.54) is 11.1 Å². The van der Waals surface area contributed by atoms with Crippen LogP contribution in [-0.2, 0) is 6.54 Å². The van der Waals surface area contributed by atoms with Crippen LogP contribution in [0.4, 0.5) is 0 Å². The van der Waals surface area contributed by atoms with E-state index in [1.54, 1.807) is 10.7 Å². The maximum absolute atomic E-state index is 8.64. The molecule has 0 spiro atoms. The van der Waals surface area contributed by atoms with E-state index in [1.807, 2.05) is 36.4 Å². The van der Waals surface area contributed by atoms with Crippen LogP contribution < -0.4 is 5.49 Å². The van der Waals surface area contributed by atoms with E-state index >= 15 is 0 Å². The summed E-state index contributed by atoms with van der Waals surface area (Å²) in [5.41, 5.74) is 4.56. The van der Waals surface area contributed by atoms with E-state index in [9.17, 15) is 0 Å². The minimum atomic E-state index is 0.359. The van der Waals surface area contributed by atoms with Gasteiger partial charge in [0.1, 0.15) is 5.49 Å². The van der Waals surface area contributed by atoms with E-state index in [-0.39, 0.29) is 0 Å². The van der Waals surface area contributed by atoms with Gasteiger partial charge in [-0.2, -0.15) is 10.4 Å². The van der Waals surface area contributed by atoms with Crippen LogP contribution in [0, 0.1) is 16.7 Å². The summed E-state index contributed by atoms with van der Waals surface area (Å²) in [4.78, 5) is 0. The molecule has 24 heavy (non-hydrogen) atoms. The molecule has 0 unspecified atom stereocenters. The Labute approximate surface area is 141 Å². The highest BCUT2D eigenvalue weighted by Crippen LogP contribution is 2.23. The quantitative estimate of drug-likeness (QED) is 0.723. The maximum atomic E-state index is 8.64. The van der Waals surface area contributed by atoms with Crippen molar-refractivity contribution in [2.24, 2.45) is 0 Å². The number of unbranched alkanes of at least 4 members (excludes halogenated alkanes) is 1. The molecule has 0 amide bonds. The zero-order chi connectivity index (χ0) is 16.8. The van der Waals surface area contributed by atoms with E-state index in [0.29, 0.717) is 24.9 Å². The Kier molecular flexibility index (Phi) is 4.83. The maximum Gasteiger partial charge on any atom is 0.141 e. The average molecular weight is 314 g/mol. The lowest BCUT2D eigenvalue weighted by Gasteiger charge is -2.08. The Bertz CT molecular complexity index is 903. The fourth-order valence-electron chi connectivity index (χ4n) is 2.56. The van der Waals surface area contributed by atoms with Crippen molar-refractivity contribution in [1.29, 1.82) is 10.7 Å². The Morgan fingerprint density at radius 1 is 0.875 bits per heavy atom. The largest absolute Gasteiger partial charge is 0.283 e. The molecule has 0 aliphatic carbocycles. The molecule has 0 atom stereocenters. The summed E-state index contributed by atoms with van der Waals surface area (Å²) in [6, 6.07) is 24.2. The minimum Gasteiger partial charge on any atom is -0.283 e. The Morgan fingerprint density at radius 2 is 1.54 bits per heavy atom. The number of nitriles is 1. The molecule has 3 aromatic rings. The van der Waals surface area contributed by atoms with Crippen molar-refractivity contribution in [3.63, 3.8) is 0 Å². The third-order valence-electron chi connectivity index (χ3n) is 3.85. The van der Waals surface area contributed by atoms with Crippen molar-refractivity contribution >= 4 is 0 Å². The second kappa shape index (κ2) is 7.38. The smallest absolute Gasteiger partial charge is 0.141 e. The van der Waals surface area contributed by atoms with Crippen LogP contribution in [0.1, 0.15) is 12.8 Å². The van der Waals surface area contributed by atoms with Crippen molar-refractivity contribution in [2.45, 2.75) is 19.4 Å². The Balaban J connectivity index is 1.85. The molecule has 0 aliphatic rings. The number of aromatic nitrogens is 2. The van der Waals surface area contributed by atoms with Crippen LogP contribution >= 0.6 is 0 Å². The molecule has 0 radical (unpaired) electrons. The van der Waals surface area contributed by atoms with Crippen molar-refractivity contribution in [3.8, 4) is 28.5 Å². The zero-order valence-corrected chi connectivity index (χ0v) is 13.3. The number of nitrogens with zero attached hydrogens (tertiary/aromatic N) is 3. The second-order valence-corrected chi connectivity index (χ2v) is 5.53. The summed E-state index contributed by atoms with van der Waals surface area (Å²) < 4.78 is 1.65. The number of hydrogen-bond donors (Lipinski definition) is 1. The number of nitrogens with one attached hydrogen (secondary N) is 1. The molecule has 0 fully saturated rings. The fraction of sp³-hybridized carbons (Fsp3) is 0.150. The Hall–Kier alpha value is -3.19. The first kappa shape index (κ1) is 15.7. The molecule has 3 rings (SSSR count). The van der Waals surface area contributed by atoms with Gasteiger partial charge in [0.05, 0.1) is 11.8 Å². The van der Waals surface area contributed by atoms with Gasteiger partial charge in [-0.15, -0.1) is 0 Å². The Morgan fingerprint density at radius 3 is 2.25 bits per heavy atom. The topological polar surface area (TPSA) is 65.5 Å². The lowest BCUT2D eigenvalue weighted by molar-refractivity contribution is 0.544.